The van der Waals surface area contributed by atoms with Crippen LogP contribution >= 0.6 is 0 Å². The maximum Gasteiger partial charge on any atom is 0.252 e. The molecule has 1 heterocycles. The summed E-state index contributed by atoms with van der Waals surface area (Å²) in [5.41, 5.74) is 0. The van der Waals surface area contributed by atoms with Gasteiger partial charge < -0.3 is 10.6 Å². The van der Waals surface area contributed by atoms with Crippen molar-refractivity contribution >= 4 is 11.9 Å². The Morgan fingerprint density at radius 3 is 2.47 bits per heavy atom. The van der Waals surface area contributed by atoms with Gasteiger partial charge >= 0.3 is 0 Å². The predicted octanol–water partition coefficient (Wildman–Crippen LogP) is 2.16. The largest absolute Gasteiger partial charge is 0.351 e. The summed E-state index contributed by atoms with van der Waals surface area (Å²) in [5, 5.41) is 5.60. The Labute approximate surface area is 109 Å². The second-order valence-electron chi connectivity index (χ2n) is 4.83. The highest BCUT2D eigenvalue weighted by Crippen LogP contribution is 2.38. The highest BCUT2D eigenvalue weighted by molar-refractivity contribution is 5.36. The second kappa shape index (κ2) is 5.18. The molecule has 0 amide bonds. The first kappa shape index (κ1) is 13.8. The first-order valence-corrected chi connectivity index (χ1v) is 6.07. The lowest BCUT2D eigenvalue weighted by Crippen LogP contribution is -2.44. The molecule has 0 radical (unpaired) electrons. The number of nitrogens with zero attached hydrogens (tertiary/aromatic N) is 3. The summed E-state index contributed by atoms with van der Waals surface area (Å²) in [6.45, 7) is 2.76. The summed E-state index contributed by atoms with van der Waals surface area (Å²) in [6.07, 6.45) is -0.442. The van der Waals surface area contributed by atoms with E-state index in [-0.39, 0.29) is 30.8 Å². The lowest BCUT2D eigenvalue weighted by molar-refractivity contribution is -0.0794. The molecule has 19 heavy (non-hydrogen) atoms. The van der Waals surface area contributed by atoms with E-state index in [1.54, 1.807) is 13.8 Å². The number of aromatic nitrogens is 3. The molecule has 1 saturated carbocycles. The maximum absolute atomic E-state index is 12.7. The molecule has 0 spiro atoms. The lowest BCUT2D eigenvalue weighted by atomic mass is 9.88. The van der Waals surface area contributed by atoms with Crippen LogP contribution in [0, 0.1) is 6.92 Å². The number of hydrogen-bond acceptors (Lipinski definition) is 5. The van der Waals surface area contributed by atoms with Crippen LogP contribution < -0.4 is 10.6 Å². The third-order valence-electron chi connectivity index (χ3n) is 2.78. The Bertz CT molecular complexity index is 446. The fraction of sp³-hybridized carbons (Fsp3) is 0.727. The van der Waals surface area contributed by atoms with Gasteiger partial charge in [-0.05, 0) is 13.8 Å². The van der Waals surface area contributed by atoms with E-state index in [0.29, 0.717) is 5.82 Å². The first-order valence-electron chi connectivity index (χ1n) is 6.07. The van der Waals surface area contributed by atoms with Crippen molar-refractivity contribution in [2.24, 2.45) is 0 Å². The average molecular weight is 275 g/mol. The van der Waals surface area contributed by atoms with Crippen LogP contribution in [0.3, 0.4) is 0 Å². The van der Waals surface area contributed by atoms with Crippen LogP contribution in [-0.4, -0.2) is 39.6 Å². The van der Waals surface area contributed by atoms with Gasteiger partial charge in [-0.2, -0.15) is 15.0 Å². The molecule has 1 aliphatic carbocycles. The van der Waals surface area contributed by atoms with E-state index in [2.05, 4.69) is 25.6 Å². The van der Waals surface area contributed by atoms with E-state index in [1.165, 1.54) is 0 Å². The van der Waals surface area contributed by atoms with Crippen molar-refractivity contribution in [2.45, 2.75) is 44.7 Å². The number of aryl methyl sites for hydroxylation is 1. The van der Waals surface area contributed by atoms with Gasteiger partial charge in [-0.1, -0.05) is 0 Å². The molecule has 0 bridgehead atoms. The fourth-order valence-corrected chi connectivity index (χ4v) is 1.82. The summed E-state index contributed by atoms with van der Waals surface area (Å²) in [5.74, 6) is -1.67. The van der Waals surface area contributed by atoms with Crippen LogP contribution in [0.5, 0.6) is 0 Å². The van der Waals surface area contributed by atoms with Gasteiger partial charge in [0.15, 0.2) is 0 Å². The van der Waals surface area contributed by atoms with E-state index in [0.717, 1.165) is 0 Å². The zero-order valence-corrected chi connectivity index (χ0v) is 10.8. The predicted molar refractivity (Wildman–Crippen MR) is 65.2 cm³/mol. The van der Waals surface area contributed by atoms with Crippen molar-refractivity contribution < 1.29 is 13.2 Å². The molecular weight excluding hydrogens is 259 g/mol. The van der Waals surface area contributed by atoms with E-state index in [9.17, 15) is 13.2 Å². The van der Waals surface area contributed by atoms with Crippen LogP contribution in [0.1, 0.15) is 25.6 Å². The van der Waals surface area contributed by atoms with Gasteiger partial charge in [-0.25, -0.2) is 13.2 Å². The molecule has 1 atom stereocenters. The standard InChI is InChI=1S/C11H16F3N5/c1-6(5-12)15-9-16-7(2)17-10(19-9)18-8-3-11(13,14)4-8/h6,8H,3-5H2,1-2H3,(H2,15,16,17,18,19)/t6-/m1/s1. The molecule has 1 fully saturated rings. The number of halogens is 3. The van der Waals surface area contributed by atoms with E-state index >= 15 is 0 Å². The van der Waals surface area contributed by atoms with Gasteiger partial charge in [0.1, 0.15) is 12.5 Å². The first-order chi connectivity index (χ1) is 8.88. The number of nitrogens with one attached hydrogen (secondary N) is 2. The van der Waals surface area contributed by atoms with Gasteiger partial charge in [0.25, 0.3) is 5.92 Å². The van der Waals surface area contributed by atoms with Gasteiger partial charge in [0, 0.05) is 18.9 Å². The van der Waals surface area contributed by atoms with Crippen LogP contribution in [0.25, 0.3) is 0 Å². The zero-order chi connectivity index (χ0) is 14.0. The number of alkyl halides is 3. The molecule has 106 valence electrons. The second-order valence-corrected chi connectivity index (χ2v) is 4.83. The maximum atomic E-state index is 12.7. The summed E-state index contributed by atoms with van der Waals surface area (Å²) in [4.78, 5) is 12.1. The number of anilines is 2. The Balaban J connectivity index is 2.01. The minimum absolute atomic E-state index is 0.221. The SMILES string of the molecule is Cc1nc(NC2CC(F)(F)C2)nc(N[C@H](C)CF)n1. The van der Waals surface area contributed by atoms with Crippen molar-refractivity contribution in [3.63, 3.8) is 0 Å². The van der Waals surface area contributed by atoms with Crippen molar-refractivity contribution in [3.05, 3.63) is 5.82 Å². The number of hydrogen-bond donors (Lipinski definition) is 2. The van der Waals surface area contributed by atoms with E-state index < -0.39 is 18.6 Å². The topological polar surface area (TPSA) is 62.7 Å². The molecule has 8 heteroatoms. The zero-order valence-electron chi connectivity index (χ0n) is 10.8. The van der Waals surface area contributed by atoms with Crippen molar-refractivity contribution in [3.8, 4) is 0 Å². The van der Waals surface area contributed by atoms with Crippen molar-refractivity contribution in [1.82, 2.24) is 15.0 Å². The Kier molecular flexibility index (Phi) is 3.77. The van der Waals surface area contributed by atoms with Crippen LogP contribution in [-0.2, 0) is 0 Å². The minimum atomic E-state index is -2.59. The molecule has 1 aromatic heterocycles. The van der Waals surface area contributed by atoms with Crippen LogP contribution in [0.2, 0.25) is 0 Å². The quantitative estimate of drug-likeness (QED) is 0.862. The smallest absolute Gasteiger partial charge is 0.252 e. The summed E-state index contributed by atoms with van der Waals surface area (Å²) in [6, 6.07) is -0.745. The van der Waals surface area contributed by atoms with Crippen molar-refractivity contribution in [2.75, 3.05) is 17.3 Å². The molecular formula is C11H16F3N5. The van der Waals surface area contributed by atoms with Gasteiger partial charge in [-0.3, -0.25) is 0 Å². The Morgan fingerprint density at radius 2 is 1.89 bits per heavy atom. The highest BCUT2D eigenvalue weighted by atomic mass is 19.3. The lowest BCUT2D eigenvalue weighted by Gasteiger charge is -2.35. The molecule has 1 aliphatic rings. The van der Waals surface area contributed by atoms with E-state index in [4.69, 9.17) is 0 Å². The molecule has 2 N–H and O–H groups in total. The van der Waals surface area contributed by atoms with Gasteiger partial charge in [0.2, 0.25) is 11.9 Å². The van der Waals surface area contributed by atoms with Crippen LogP contribution in [0.15, 0.2) is 0 Å². The van der Waals surface area contributed by atoms with Gasteiger partial charge in [-0.15, -0.1) is 0 Å². The Morgan fingerprint density at radius 1 is 1.26 bits per heavy atom. The molecule has 5 nitrogen and oxygen atoms in total. The fourth-order valence-electron chi connectivity index (χ4n) is 1.82. The summed E-state index contributed by atoms with van der Waals surface area (Å²) >= 11 is 0. The van der Waals surface area contributed by atoms with Crippen LogP contribution in [0.4, 0.5) is 25.1 Å². The molecule has 0 saturated heterocycles. The van der Waals surface area contributed by atoms with Gasteiger partial charge in [0.05, 0.1) is 6.04 Å². The normalized spacial score (nSPS) is 19.6. The molecule has 0 aliphatic heterocycles. The molecule has 0 aromatic carbocycles. The van der Waals surface area contributed by atoms with Crippen molar-refractivity contribution in [1.29, 1.82) is 0 Å². The Hall–Kier alpha value is -1.60. The highest BCUT2D eigenvalue weighted by Gasteiger charge is 2.45. The monoisotopic (exact) mass is 275 g/mol. The molecule has 2 rings (SSSR count). The number of rotatable bonds is 5. The minimum Gasteiger partial charge on any atom is -0.351 e. The summed E-state index contributed by atoms with van der Waals surface area (Å²) in [7, 11) is 0. The van der Waals surface area contributed by atoms with E-state index in [1.807, 2.05) is 0 Å². The summed E-state index contributed by atoms with van der Waals surface area (Å²) < 4.78 is 37.8. The third kappa shape index (κ3) is 3.68. The average Bonchev–Trinajstić information content (AvgIpc) is 2.25. The third-order valence-corrected chi connectivity index (χ3v) is 2.78. The molecule has 0 unspecified atom stereocenters. The molecule has 1 aromatic rings.